The molecule has 0 atom stereocenters. The molecule has 0 aliphatic heterocycles. The quantitative estimate of drug-likeness (QED) is 0.306. The molecule has 1 fully saturated rings. The molecule has 1 saturated carbocycles. The Bertz CT molecular complexity index is 1090. The number of rotatable bonds is 6. The number of hydrogen-bond acceptors (Lipinski definition) is 1. The van der Waals surface area contributed by atoms with Crippen LogP contribution < -0.4 is 0 Å². The van der Waals surface area contributed by atoms with Gasteiger partial charge in [0.1, 0.15) is 0 Å². The van der Waals surface area contributed by atoms with Gasteiger partial charge in [-0.2, -0.15) is 0 Å². The molecule has 1 heteroatoms. The van der Waals surface area contributed by atoms with Crippen molar-refractivity contribution in [2.24, 2.45) is 5.92 Å². The highest BCUT2D eigenvalue weighted by atomic mass is 32.2. The summed E-state index contributed by atoms with van der Waals surface area (Å²) in [5.74, 6) is 2.31. The summed E-state index contributed by atoms with van der Waals surface area (Å²) in [5.41, 5.74) is 10.1. The van der Waals surface area contributed by atoms with Gasteiger partial charge in [-0.15, -0.1) is 11.8 Å². The summed E-state index contributed by atoms with van der Waals surface area (Å²) in [7, 11) is 0. The Balaban J connectivity index is 0.000000165. The second kappa shape index (κ2) is 12.8. The summed E-state index contributed by atoms with van der Waals surface area (Å²) in [6, 6.07) is 26.6. The molecule has 0 aromatic heterocycles. The van der Waals surface area contributed by atoms with Crippen LogP contribution in [-0.4, -0.2) is 5.75 Å². The molecule has 6 rings (SSSR count). The van der Waals surface area contributed by atoms with Crippen molar-refractivity contribution < 1.29 is 0 Å². The molecule has 36 heavy (non-hydrogen) atoms. The van der Waals surface area contributed by atoms with Crippen molar-refractivity contribution in [3.63, 3.8) is 0 Å². The normalized spacial score (nSPS) is 16.5. The summed E-state index contributed by atoms with van der Waals surface area (Å²) in [4.78, 5) is 0. The van der Waals surface area contributed by atoms with Crippen LogP contribution in [0.15, 0.2) is 79.4 Å². The number of aryl methyl sites for hydroxylation is 1. The van der Waals surface area contributed by atoms with E-state index in [1.54, 1.807) is 0 Å². The van der Waals surface area contributed by atoms with Gasteiger partial charge in [-0.05, 0) is 76.3 Å². The van der Waals surface area contributed by atoms with Crippen LogP contribution in [0.2, 0.25) is 0 Å². The summed E-state index contributed by atoms with van der Waals surface area (Å²) in [6.45, 7) is 10.9. The Labute approximate surface area is 224 Å². The number of benzene rings is 3. The van der Waals surface area contributed by atoms with Gasteiger partial charge in [-0.3, -0.25) is 0 Å². The molecule has 0 amide bonds. The van der Waals surface area contributed by atoms with Crippen LogP contribution in [0.3, 0.4) is 0 Å². The highest BCUT2D eigenvalue weighted by Gasteiger charge is 2.42. The first-order valence-corrected chi connectivity index (χ1v) is 15.2. The van der Waals surface area contributed by atoms with Crippen LogP contribution in [0, 0.1) is 5.92 Å². The van der Waals surface area contributed by atoms with Crippen molar-refractivity contribution in [3.05, 3.63) is 102 Å². The molecule has 0 radical (unpaired) electrons. The Kier molecular flexibility index (Phi) is 9.54. The number of fused-ring (bicyclic) bond motifs is 4. The summed E-state index contributed by atoms with van der Waals surface area (Å²) in [5, 5.41) is 0. The van der Waals surface area contributed by atoms with E-state index in [4.69, 9.17) is 0 Å². The summed E-state index contributed by atoms with van der Waals surface area (Å²) < 4.78 is 0.178. The largest absolute Gasteiger partial charge is 0.145 e. The Hall–Kier alpha value is -2.25. The topological polar surface area (TPSA) is 0 Å². The lowest BCUT2D eigenvalue weighted by atomic mass is 9.88. The van der Waals surface area contributed by atoms with Crippen molar-refractivity contribution in [2.75, 3.05) is 5.75 Å². The van der Waals surface area contributed by atoms with Crippen molar-refractivity contribution in [1.82, 2.24) is 0 Å². The molecule has 0 N–H and O–H groups in total. The lowest BCUT2D eigenvalue weighted by Crippen LogP contribution is -2.21. The molecular formula is C35H44S. The zero-order valence-electron chi connectivity index (χ0n) is 22.7. The van der Waals surface area contributed by atoms with E-state index < -0.39 is 0 Å². The lowest BCUT2D eigenvalue weighted by Gasteiger charge is -2.31. The Morgan fingerprint density at radius 1 is 0.778 bits per heavy atom. The Morgan fingerprint density at radius 2 is 1.33 bits per heavy atom. The third-order valence-electron chi connectivity index (χ3n) is 7.95. The molecule has 0 nitrogen and oxygen atoms in total. The van der Waals surface area contributed by atoms with Gasteiger partial charge >= 0.3 is 0 Å². The third-order valence-corrected chi connectivity index (χ3v) is 9.58. The van der Waals surface area contributed by atoms with Crippen molar-refractivity contribution in [2.45, 2.75) is 83.3 Å². The van der Waals surface area contributed by atoms with E-state index in [-0.39, 0.29) is 4.75 Å². The fourth-order valence-corrected chi connectivity index (χ4v) is 7.44. The SMILES string of the molecule is C=C1CCc2ccccc21.CC1CCC1.CCCCSC1(CCC)c2ccccc2-c2ccccc21. The maximum Gasteiger partial charge on any atom is 0.0668 e. The minimum absolute atomic E-state index is 0.178. The Morgan fingerprint density at radius 3 is 1.83 bits per heavy atom. The maximum atomic E-state index is 4.00. The predicted molar refractivity (Wildman–Crippen MR) is 162 cm³/mol. The number of unbranched alkanes of at least 4 members (excludes halogenated alkanes) is 1. The average Bonchev–Trinajstić information content (AvgIpc) is 3.41. The van der Waals surface area contributed by atoms with Gasteiger partial charge in [0.25, 0.3) is 0 Å². The molecule has 0 heterocycles. The number of allylic oxidation sites excluding steroid dienone is 1. The smallest absolute Gasteiger partial charge is 0.0668 e. The third kappa shape index (κ3) is 5.83. The fourth-order valence-electron chi connectivity index (χ4n) is 5.64. The number of hydrogen-bond donors (Lipinski definition) is 0. The fraction of sp³-hybridized carbons (Fsp3) is 0.429. The minimum atomic E-state index is 0.178. The molecule has 190 valence electrons. The molecule has 3 aromatic carbocycles. The van der Waals surface area contributed by atoms with Crippen LogP contribution in [0.1, 0.15) is 94.4 Å². The molecule has 0 saturated heterocycles. The van der Waals surface area contributed by atoms with E-state index in [2.05, 4.69) is 112 Å². The molecule has 3 aliphatic carbocycles. The molecular weight excluding hydrogens is 452 g/mol. The predicted octanol–water partition coefficient (Wildman–Crippen LogP) is 10.7. The first-order valence-electron chi connectivity index (χ1n) is 14.2. The molecule has 0 bridgehead atoms. The molecule has 3 aromatic rings. The second-order valence-electron chi connectivity index (χ2n) is 10.7. The van der Waals surface area contributed by atoms with E-state index in [1.165, 1.54) is 96.1 Å². The van der Waals surface area contributed by atoms with Gasteiger partial charge in [-0.1, -0.05) is 132 Å². The molecule has 3 aliphatic rings. The monoisotopic (exact) mass is 496 g/mol. The second-order valence-corrected chi connectivity index (χ2v) is 12.1. The summed E-state index contributed by atoms with van der Waals surface area (Å²) >= 11 is 2.17. The average molecular weight is 497 g/mol. The van der Waals surface area contributed by atoms with Crippen LogP contribution in [0.5, 0.6) is 0 Å². The zero-order valence-corrected chi connectivity index (χ0v) is 23.5. The molecule has 0 unspecified atom stereocenters. The van der Waals surface area contributed by atoms with Gasteiger partial charge in [-0.25, -0.2) is 0 Å². The summed E-state index contributed by atoms with van der Waals surface area (Å²) in [6.07, 6.45) is 11.8. The van der Waals surface area contributed by atoms with Crippen molar-refractivity contribution in [3.8, 4) is 11.1 Å². The first kappa shape index (κ1) is 26.8. The lowest BCUT2D eigenvalue weighted by molar-refractivity contribution is 0.346. The van der Waals surface area contributed by atoms with Crippen LogP contribution in [0.25, 0.3) is 16.7 Å². The van der Waals surface area contributed by atoms with Gasteiger partial charge < -0.3 is 0 Å². The number of thioether (sulfide) groups is 1. The van der Waals surface area contributed by atoms with E-state index in [0.717, 1.165) is 12.3 Å². The minimum Gasteiger partial charge on any atom is -0.145 e. The maximum absolute atomic E-state index is 4.00. The van der Waals surface area contributed by atoms with Crippen LogP contribution in [-0.2, 0) is 11.2 Å². The zero-order chi connectivity index (χ0) is 25.4. The molecule has 0 spiro atoms. The van der Waals surface area contributed by atoms with Gasteiger partial charge in [0.05, 0.1) is 4.75 Å². The van der Waals surface area contributed by atoms with Crippen molar-refractivity contribution in [1.29, 1.82) is 0 Å². The van der Waals surface area contributed by atoms with Crippen LogP contribution in [0.4, 0.5) is 0 Å². The van der Waals surface area contributed by atoms with Crippen molar-refractivity contribution >= 4 is 17.3 Å². The van der Waals surface area contributed by atoms with Gasteiger partial charge in [0, 0.05) is 0 Å². The highest BCUT2D eigenvalue weighted by molar-refractivity contribution is 8.00. The van der Waals surface area contributed by atoms with E-state index >= 15 is 0 Å². The van der Waals surface area contributed by atoms with E-state index in [1.807, 2.05) is 0 Å². The van der Waals surface area contributed by atoms with Gasteiger partial charge in [0.2, 0.25) is 0 Å². The van der Waals surface area contributed by atoms with Crippen LogP contribution >= 0.6 is 11.8 Å². The highest BCUT2D eigenvalue weighted by Crippen LogP contribution is 2.57. The van der Waals surface area contributed by atoms with E-state index in [0.29, 0.717) is 0 Å². The standard InChI is InChI=1S/C20H24S.C10H10.C5H10/c1-3-5-15-21-20(14-4-2)18-12-8-6-10-16(18)17-11-7-9-13-19(17)20;1-8-6-7-9-4-2-3-5-10(8)9;1-5-3-2-4-5/h6-13H,3-5,14-15H2,1-2H3;2-5H,1,6-7H2;5H,2-4H2,1H3. The van der Waals surface area contributed by atoms with E-state index in [9.17, 15) is 0 Å². The van der Waals surface area contributed by atoms with Gasteiger partial charge in [0.15, 0.2) is 0 Å². The first-order chi connectivity index (χ1) is 17.6.